The van der Waals surface area contributed by atoms with Gasteiger partial charge in [0.15, 0.2) is 5.65 Å². The quantitative estimate of drug-likeness (QED) is 0.410. The number of hydrogen-bond donors (Lipinski definition) is 1. The maximum atomic E-state index is 13.1. The molecular formula is C20H16FN5OS. The molecule has 4 rings (SSSR count). The highest BCUT2D eigenvalue weighted by atomic mass is 32.2. The van der Waals surface area contributed by atoms with Crippen LogP contribution >= 0.6 is 11.8 Å². The number of aryl methyl sites for hydroxylation is 1. The van der Waals surface area contributed by atoms with E-state index >= 15 is 0 Å². The number of thioether (sulfide) groups is 1. The summed E-state index contributed by atoms with van der Waals surface area (Å²) in [5.41, 5.74) is 2.06. The van der Waals surface area contributed by atoms with E-state index in [-0.39, 0.29) is 11.7 Å². The zero-order valence-electron chi connectivity index (χ0n) is 14.9. The van der Waals surface area contributed by atoms with Gasteiger partial charge in [0.1, 0.15) is 22.4 Å². The van der Waals surface area contributed by atoms with Gasteiger partial charge in [-0.25, -0.2) is 14.4 Å². The first-order valence-electron chi connectivity index (χ1n) is 8.52. The average Bonchev–Trinajstić information content (AvgIpc) is 3.10. The minimum absolute atomic E-state index is 0.224. The number of aromatic nitrogens is 4. The second-order valence-electron chi connectivity index (χ2n) is 6.09. The molecule has 140 valence electrons. The van der Waals surface area contributed by atoms with Crippen LogP contribution in [0.2, 0.25) is 0 Å². The fourth-order valence-corrected chi connectivity index (χ4v) is 3.85. The molecule has 0 bridgehead atoms. The van der Waals surface area contributed by atoms with Crippen LogP contribution in [0.25, 0.3) is 11.0 Å². The lowest BCUT2D eigenvalue weighted by Crippen LogP contribution is -2.19. The molecule has 28 heavy (non-hydrogen) atoms. The van der Waals surface area contributed by atoms with Crippen LogP contribution in [-0.4, -0.2) is 25.7 Å². The second kappa shape index (κ2) is 7.77. The minimum Gasteiger partial charge on any atom is -0.325 e. The Morgan fingerprint density at radius 1 is 1.11 bits per heavy atom. The highest BCUT2D eigenvalue weighted by molar-refractivity contribution is 8.00. The number of halogens is 1. The van der Waals surface area contributed by atoms with Crippen molar-refractivity contribution in [2.45, 2.75) is 10.3 Å². The molecule has 2 aromatic heterocycles. The van der Waals surface area contributed by atoms with Crippen molar-refractivity contribution in [3.05, 3.63) is 78.5 Å². The summed E-state index contributed by atoms with van der Waals surface area (Å²) in [6.45, 7) is 0. The summed E-state index contributed by atoms with van der Waals surface area (Å²) in [5, 5.41) is 7.97. The van der Waals surface area contributed by atoms with Crippen molar-refractivity contribution in [3.63, 3.8) is 0 Å². The molecular weight excluding hydrogens is 377 g/mol. The number of benzene rings is 2. The van der Waals surface area contributed by atoms with E-state index < -0.39 is 5.25 Å². The van der Waals surface area contributed by atoms with E-state index in [0.29, 0.717) is 16.4 Å². The van der Waals surface area contributed by atoms with Gasteiger partial charge in [0.05, 0.1) is 11.6 Å². The molecule has 0 saturated carbocycles. The van der Waals surface area contributed by atoms with Crippen LogP contribution in [0.1, 0.15) is 10.8 Å². The summed E-state index contributed by atoms with van der Waals surface area (Å²) < 4.78 is 14.8. The maximum Gasteiger partial charge on any atom is 0.242 e. The van der Waals surface area contributed by atoms with Gasteiger partial charge in [-0.05, 0) is 29.8 Å². The third-order valence-electron chi connectivity index (χ3n) is 4.17. The van der Waals surface area contributed by atoms with Crippen LogP contribution in [-0.2, 0) is 11.8 Å². The Morgan fingerprint density at radius 3 is 2.61 bits per heavy atom. The van der Waals surface area contributed by atoms with Crippen molar-refractivity contribution in [2.24, 2.45) is 7.05 Å². The van der Waals surface area contributed by atoms with Crippen LogP contribution in [0, 0.1) is 5.82 Å². The zero-order valence-corrected chi connectivity index (χ0v) is 15.7. The fourth-order valence-electron chi connectivity index (χ4n) is 2.79. The molecule has 1 N–H and O–H groups in total. The van der Waals surface area contributed by atoms with Crippen molar-refractivity contribution >= 4 is 34.4 Å². The summed E-state index contributed by atoms with van der Waals surface area (Å²) in [7, 11) is 1.81. The molecule has 0 radical (unpaired) electrons. The summed E-state index contributed by atoms with van der Waals surface area (Å²) in [4.78, 5) is 21.7. The highest BCUT2D eigenvalue weighted by Gasteiger charge is 2.24. The third kappa shape index (κ3) is 3.72. The molecule has 0 saturated heterocycles. The topological polar surface area (TPSA) is 72.7 Å². The molecule has 0 aliphatic carbocycles. The standard InChI is InChI=1S/C20H16FN5OS/c1-26-18-16(11-24-26)20(23-12-22-18)28-17(13-5-3-2-4-6-13)19(27)25-15-9-7-14(21)8-10-15/h2-12,17H,1H3,(H,25,27). The number of rotatable bonds is 5. The highest BCUT2D eigenvalue weighted by Crippen LogP contribution is 2.37. The number of amides is 1. The summed E-state index contributed by atoms with van der Waals surface area (Å²) in [6, 6.07) is 15.1. The number of carbonyl (C=O) groups is 1. The van der Waals surface area contributed by atoms with Crippen molar-refractivity contribution in [3.8, 4) is 0 Å². The van der Waals surface area contributed by atoms with Crippen molar-refractivity contribution in [1.29, 1.82) is 0 Å². The van der Waals surface area contributed by atoms with E-state index in [1.165, 1.54) is 42.4 Å². The number of carbonyl (C=O) groups excluding carboxylic acids is 1. The van der Waals surface area contributed by atoms with Gasteiger partial charge in [-0.3, -0.25) is 9.48 Å². The second-order valence-corrected chi connectivity index (χ2v) is 7.18. The molecule has 1 amide bonds. The first-order valence-corrected chi connectivity index (χ1v) is 9.40. The smallest absolute Gasteiger partial charge is 0.242 e. The Morgan fingerprint density at radius 2 is 1.86 bits per heavy atom. The van der Waals surface area contributed by atoms with Gasteiger partial charge in [-0.15, -0.1) is 0 Å². The number of nitrogens with zero attached hydrogens (tertiary/aromatic N) is 4. The van der Waals surface area contributed by atoms with Crippen LogP contribution in [0.4, 0.5) is 10.1 Å². The molecule has 8 heteroatoms. The average molecular weight is 393 g/mol. The minimum atomic E-state index is -0.551. The Balaban J connectivity index is 1.67. The summed E-state index contributed by atoms with van der Waals surface area (Å²) >= 11 is 1.32. The van der Waals surface area contributed by atoms with Crippen LogP contribution in [0.3, 0.4) is 0 Å². The van der Waals surface area contributed by atoms with Gasteiger partial charge >= 0.3 is 0 Å². The SMILES string of the molecule is Cn1ncc2c(SC(C(=O)Nc3ccc(F)cc3)c3ccccc3)ncnc21. The number of nitrogens with one attached hydrogen (secondary N) is 1. The van der Waals surface area contributed by atoms with E-state index in [1.807, 2.05) is 30.3 Å². The predicted molar refractivity (Wildman–Crippen MR) is 106 cm³/mol. The normalized spacial score (nSPS) is 12.1. The number of fused-ring (bicyclic) bond motifs is 1. The van der Waals surface area contributed by atoms with Gasteiger partial charge in [-0.1, -0.05) is 42.1 Å². The van der Waals surface area contributed by atoms with E-state index in [1.54, 1.807) is 17.9 Å². The van der Waals surface area contributed by atoms with E-state index in [0.717, 1.165) is 10.9 Å². The molecule has 2 aromatic carbocycles. The largest absolute Gasteiger partial charge is 0.325 e. The van der Waals surface area contributed by atoms with Gasteiger partial charge in [0.25, 0.3) is 0 Å². The summed E-state index contributed by atoms with van der Waals surface area (Å²) in [6.07, 6.45) is 3.16. The molecule has 1 unspecified atom stereocenters. The molecule has 1 atom stereocenters. The molecule has 0 fully saturated rings. The lowest BCUT2D eigenvalue weighted by atomic mass is 10.1. The van der Waals surface area contributed by atoms with E-state index in [2.05, 4.69) is 20.4 Å². The summed E-state index contributed by atoms with van der Waals surface area (Å²) in [5.74, 6) is -0.578. The molecule has 0 aliphatic heterocycles. The van der Waals surface area contributed by atoms with Crippen LogP contribution in [0.15, 0.2) is 72.1 Å². The zero-order chi connectivity index (χ0) is 19.5. The molecule has 0 spiro atoms. The molecule has 0 aliphatic rings. The first kappa shape index (κ1) is 18.1. The Hall–Kier alpha value is -3.26. The molecule has 4 aromatic rings. The third-order valence-corrected chi connectivity index (χ3v) is 5.45. The predicted octanol–water partition coefficient (Wildman–Crippen LogP) is 3.97. The lowest BCUT2D eigenvalue weighted by Gasteiger charge is -2.17. The Bertz CT molecular complexity index is 1110. The monoisotopic (exact) mass is 393 g/mol. The molecule has 6 nitrogen and oxygen atoms in total. The van der Waals surface area contributed by atoms with Gasteiger partial charge in [0.2, 0.25) is 5.91 Å². The first-order chi connectivity index (χ1) is 13.6. The van der Waals surface area contributed by atoms with E-state index in [4.69, 9.17) is 0 Å². The van der Waals surface area contributed by atoms with E-state index in [9.17, 15) is 9.18 Å². The maximum absolute atomic E-state index is 13.1. The number of hydrogen-bond acceptors (Lipinski definition) is 5. The molecule has 2 heterocycles. The lowest BCUT2D eigenvalue weighted by molar-refractivity contribution is -0.115. The Labute approximate surface area is 164 Å². The van der Waals surface area contributed by atoms with Gasteiger partial charge < -0.3 is 5.32 Å². The van der Waals surface area contributed by atoms with Gasteiger partial charge in [0, 0.05) is 12.7 Å². The van der Waals surface area contributed by atoms with Crippen molar-refractivity contribution < 1.29 is 9.18 Å². The number of anilines is 1. The van der Waals surface area contributed by atoms with Crippen LogP contribution < -0.4 is 5.32 Å². The van der Waals surface area contributed by atoms with Crippen molar-refractivity contribution in [2.75, 3.05) is 5.32 Å². The van der Waals surface area contributed by atoms with Gasteiger partial charge in [-0.2, -0.15) is 5.10 Å². The van der Waals surface area contributed by atoms with Crippen LogP contribution in [0.5, 0.6) is 0 Å². The fraction of sp³-hybridized carbons (Fsp3) is 0.100. The van der Waals surface area contributed by atoms with Crippen molar-refractivity contribution in [1.82, 2.24) is 19.7 Å². The Kier molecular flexibility index (Phi) is 5.03.